The monoisotopic (exact) mass is 515 g/mol. The van der Waals surface area contributed by atoms with Crippen molar-refractivity contribution >= 4 is 21.7 Å². The first-order valence-corrected chi connectivity index (χ1v) is 13.3. The number of aliphatic hydroxyl groups excluding tert-OH is 1. The van der Waals surface area contributed by atoms with Crippen molar-refractivity contribution in [2.45, 2.75) is 42.5 Å². The third-order valence-electron chi connectivity index (χ3n) is 6.60. The molecule has 0 bridgehead atoms. The predicted molar refractivity (Wildman–Crippen MR) is 140 cm³/mol. The molecule has 9 nitrogen and oxygen atoms in total. The first-order valence-electron chi connectivity index (χ1n) is 11.8. The number of carbonyl (C=O) groups is 1. The van der Waals surface area contributed by atoms with Crippen LogP contribution in [0.4, 0.5) is 5.82 Å². The van der Waals surface area contributed by atoms with Crippen molar-refractivity contribution in [1.29, 1.82) is 0 Å². The number of hydrogen-bond donors (Lipinski definition) is 3. The highest BCUT2D eigenvalue weighted by Crippen LogP contribution is 2.51. The van der Waals surface area contributed by atoms with Crippen molar-refractivity contribution in [2.24, 2.45) is 0 Å². The molecule has 1 fully saturated rings. The van der Waals surface area contributed by atoms with Gasteiger partial charge in [0.25, 0.3) is 0 Å². The maximum Gasteiger partial charge on any atom is 0.240 e. The fourth-order valence-electron chi connectivity index (χ4n) is 4.21. The summed E-state index contributed by atoms with van der Waals surface area (Å²) in [6.45, 7) is 1.70. The maximum absolute atomic E-state index is 13.2. The topological polar surface area (TPSA) is 127 Å². The average Bonchev–Trinajstić information content (AvgIpc) is 3.58. The van der Waals surface area contributed by atoms with Crippen molar-refractivity contribution in [3.05, 3.63) is 66.2 Å². The zero-order chi connectivity index (χ0) is 25.3. The summed E-state index contributed by atoms with van der Waals surface area (Å²) >= 11 is 0. The Balaban J connectivity index is 0.00000178. The quantitative estimate of drug-likeness (QED) is 0.394. The molecule has 2 heterocycles. The highest BCUT2D eigenvalue weighted by Gasteiger charge is 2.51. The minimum absolute atomic E-state index is 0. The zero-order valence-corrected chi connectivity index (χ0v) is 20.5. The molecule has 0 spiro atoms. The van der Waals surface area contributed by atoms with E-state index in [1.54, 1.807) is 37.3 Å². The minimum atomic E-state index is -3.75. The average molecular weight is 516 g/mol. The van der Waals surface area contributed by atoms with E-state index in [9.17, 15) is 18.3 Å². The molecule has 0 radical (unpaired) electrons. The van der Waals surface area contributed by atoms with Gasteiger partial charge in [0.05, 0.1) is 22.6 Å². The van der Waals surface area contributed by atoms with E-state index in [1.165, 1.54) is 12.1 Å². The summed E-state index contributed by atoms with van der Waals surface area (Å²) in [7, 11) is -3.75. The number of fused-ring (bicyclic) bond motifs is 1. The van der Waals surface area contributed by atoms with Crippen molar-refractivity contribution in [3.63, 3.8) is 0 Å². The van der Waals surface area contributed by atoms with Crippen molar-refractivity contribution in [1.82, 2.24) is 9.71 Å². The Morgan fingerprint density at radius 3 is 2.56 bits per heavy atom. The van der Waals surface area contributed by atoms with Gasteiger partial charge in [-0.05, 0) is 61.2 Å². The normalized spacial score (nSPS) is 16.4. The number of hydrogen-bond acceptors (Lipinski definition) is 7. The molecular weight excluding hydrogens is 482 g/mol. The van der Waals surface area contributed by atoms with Gasteiger partial charge in [0.1, 0.15) is 5.82 Å². The molecule has 3 N–H and O–H groups in total. The third kappa shape index (κ3) is 4.67. The summed E-state index contributed by atoms with van der Waals surface area (Å²) in [5.41, 5.74) is 1.57. The van der Waals surface area contributed by atoms with E-state index in [0.29, 0.717) is 35.0 Å². The van der Waals surface area contributed by atoms with Gasteiger partial charge in [-0.15, -0.1) is 0 Å². The van der Waals surface area contributed by atoms with Gasteiger partial charge in [-0.2, -0.15) is 0 Å². The van der Waals surface area contributed by atoms with Gasteiger partial charge in [0.15, 0.2) is 11.5 Å². The summed E-state index contributed by atoms with van der Waals surface area (Å²) in [6, 6.07) is 16.7. The van der Waals surface area contributed by atoms with Crippen LogP contribution in [0.3, 0.4) is 0 Å². The number of rotatable bonds is 9. The molecule has 1 aliphatic heterocycles. The number of nitrogens with zero attached hydrogens (tertiary/aromatic N) is 1. The molecule has 5 rings (SSSR count). The highest BCUT2D eigenvalue weighted by molar-refractivity contribution is 7.89. The molecule has 2 aromatic carbocycles. The number of carbonyl (C=O) groups excluding carboxylic acids is 1. The van der Waals surface area contributed by atoms with Gasteiger partial charge >= 0.3 is 0 Å². The Labute approximate surface area is 214 Å². The van der Waals surface area contributed by atoms with Crippen LogP contribution in [0, 0.1) is 0 Å². The number of nitrogens with one attached hydrogen (secondary N) is 2. The zero-order valence-electron chi connectivity index (χ0n) is 19.7. The number of benzene rings is 2. The fourth-order valence-corrected chi connectivity index (χ4v) is 5.52. The first kappa shape index (κ1) is 24.2. The van der Waals surface area contributed by atoms with E-state index >= 15 is 0 Å². The second-order valence-corrected chi connectivity index (χ2v) is 10.7. The maximum atomic E-state index is 13.2. The van der Waals surface area contributed by atoms with E-state index in [1.807, 2.05) is 18.2 Å². The lowest BCUT2D eigenvalue weighted by molar-refractivity contribution is -0.118. The summed E-state index contributed by atoms with van der Waals surface area (Å²) in [6.07, 6.45) is 1.95. The molecule has 1 aromatic heterocycles. The molecule has 2 aliphatic rings. The SMILES string of the molecule is CC[C@H](CO)NS(=O)(=O)c1ccc(-c2cccc(NC(=O)C3(c4ccc5c(c4)OCO5)CC3)n2)cc1.[HH].[HH].[HH]. The lowest BCUT2D eigenvalue weighted by Crippen LogP contribution is -2.36. The summed E-state index contributed by atoms with van der Waals surface area (Å²) < 4.78 is 38.5. The largest absolute Gasteiger partial charge is 0.454 e. The van der Waals surface area contributed by atoms with E-state index in [-0.39, 0.29) is 28.5 Å². The van der Waals surface area contributed by atoms with Crippen molar-refractivity contribution in [2.75, 3.05) is 18.7 Å². The second kappa shape index (κ2) is 9.53. The molecule has 0 saturated heterocycles. The van der Waals surface area contributed by atoms with E-state index in [4.69, 9.17) is 9.47 Å². The molecule has 10 heteroatoms. The van der Waals surface area contributed by atoms with Crippen LogP contribution in [0.25, 0.3) is 11.3 Å². The number of sulfonamides is 1. The van der Waals surface area contributed by atoms with Crippen LogP contribution >= 0.6 is 0 Å². The standard InChI is InChI=1S/C26H27N3O6S.3H2/c1-2-19(15-30)29-36(32,33)20-9-6-17(7-10-20)21-4-3-5-24(27-21)28-25(31)26(12-13-26)18-8-11-22-23(14-18)35-16-34-22;;;/h3-11,14,19,29-30H,2,12-13,15-16H2,1H3,(H,27,28,31);3*1H/t19-;;;/m1.../s1. The van der Waals surface area contributed by atoms with Gasteiger partial charge < -0.3 is 19.9 Å². The van der Waals surface area contributed by atoms with Crippen molar-refractivity contribution < 1.29 is 32.1 Å². The van der Waals surface area contributed by atoms with E-state index in [2.05, 4.69) is 15.0 Å². The Hall–Kier alpha value is -3.47. The Morgan fingerprint density at radius 1 is 1.11 bits per heavy atom. The lowest BCUT2D eigenvalue weighted by Gasteiger charge is -2.16. The van der Waals surface area contributed by atoms with E-state index < -0.39 is 21.5 Å². The van der Waals surface area contributed by atoms with Crippen LogP contribution in [-0.2, 0) is 20.2 Å². The van der Waals surface area contributed by atoms with Gasteiger partial charge in [0.2, 0.25) is 22.7 Å². The lowest BCUT2D eigenvalue weighted by atomic mass is 9.94. The van der Waals surface area contributed by atoms with Crippen LogP contribution < -0.4 is 19.5 Å². The summed E-state index contributed by atoms with van der Waals surface area (Å²) in [5.74, 6) is 1.61. The van der Waals surface area contributed by atoms with Gasteiger partial charge in [-0.25, -0.2) is 18.1 Å². The Bertz CT molecular complexity index is 1400. The number of aromatic nitrogens is 1. The second-order valence-electron chi connectivity index (χ2n) is 8.95. The van der Waals surface area contributed by atoms with Crippen LogP contribution in [0.2, 0.25) is 0 Å². The molecular formula is C26H33N3O6S. The van der Waals surface area contributed by atoms with Crippen LogP contribution in [0.1, 0.15) is 36.0 Å². The molecule has 1 saturated carbocycles. The number of anilines is 1. The Morgan fingerprint density at radius 2 is 1.86 bits per heavy atom. The number of aliphatic hydroxyl groups is 1. The molecule has 194 valence electrons. The van der Waals surface area contributed by atoms with Gasteiger partial charge in [0, 0.05) is 15.9 Å². The summed E-state index contributed by atoms with van der Waals surface area (Å²) in [5, 5.41) is 12.2. The number of ether oxygens (including phenoxy) is 2. The molecule has 1 aliphatic carbocycles. The molecule has 0 unspecified atom stereocenters. The highest BCUT2D eigenvalue weighted by atomic mass is 32.2. The predicted octanol–water partition coefficient (Wildman–Crippen LogP) is 3.93. The van der Waals surface area contributed by atoms with Crippen LogP contribution in [0.15, 0.2) is 65.6 Å². The number of pyridine rings is 1. The smallest absolute Gasteiger partial charge is 0.240 e. The molecule has 1 atom stereocenters. The fraction of sp³-hybridized carbons (Fsp3) is 0.308. The summed E-state index contributed by atoms with van der Waals surface area (Å²) in [4.78, 5) is 17.9. The van der Waals surface area contributed by atoms with Crippen molar-refractivity contribution in [3.8, 4) is 22.8 Å². The number of amides is 1. The van der Waals surface area contributed by atoms with Crippen LogP contribution in [0.5, 0.6) is 11.5 Å². The molecule has 1 amide bonds. The van der Waals surface area contributed by atoms with Gasteiger partial charge in [-0.1, -0.05) is 31.2 Å². The van der Waals surface area contributed by atoms with Crippen LogP contribution in [-0.4, -0.2) is 43.9 Å². The molecule has 36 heavy (non-hydrogen) atoms. The third-order valence-corrected chi connectivity index (χ3v) is 8.13. The minimum Gasteiger partial charge on any atom is -0.454 e. The Kier molecular flexibility index (Phi) is 6.42. The molecule has 3 aromatic rings. The van der Waals surface area contributed by atoms with Gasteiger partial charge in [-0.3, -0.25) is 4.79 Å². The first-order chi connectivity index (χ1) is 17.3. The van der Waals surface area contributed by atoms with E-state index in [0.717, 1.165) is 18.4 Å².